The Kier molecular flexibility index (Phi) is 2.87. The van der Waals surface area contributed by atoms with E-state index in [0.29, 0.717) is 17.1 Å². The molecule has 0 bridgehead atoms. The lowest BCUT2D eigenvalue weighted by atomic mass is 10.2. The number of aryl methyl sites for hydroxylation is 1. The molecule has 0 unspecified atom stereocenters. The molecule has 0 saturated heterocycles. The Hall–Kier alpha value is -2.07. The summed E-state index contributed by atoms with van der Waals surface area (Å²) in [6, 6.07) is 5.55. The second-order valence-electron chi connectivity index (χ2n) is 4.51. The Morgan fingerprint density at radius 2 is 2.21 bits per heavy atom. The van der Waals surface area contributed by atoms with Crippen LogP contribution in [0, 0.1) is 0 Å². The van der Waals surface area contributed by atoms with Gasteiger partial charge in [0.15, 0.2) is 6.29 Å². The number of carbonyl (C=O) groups is 1. The number of nitrogens with zero attached hydrogens (tertiary/aromatic N) is 3. The van der Waals surface area contributed by atoms with Gasteiger partial charge in [-0.3, -0.25) is 9.48 Å². The van der Waals surface area contributed by atoms with Gasteiger partial charge in [0.2, 0.25) is 0 Å². The smallest absolute Gasteiger partial charge is 0.152 e. The third-order valence-corrected chi connectivity index (χ3v) is 3.35. The van der Waals surface area contributed by atoms with E-state index in [-0.39, 0.29) is 0 Å². The maximum Gasteiger partial charge on any atom is 0.152 e. The molecule has 0 aliphatic carbocycles. The third kappa shape index (κ3) is 2.15. The Bertz CT molecular complexity index is 757. The quantitative estimate of drug-likeness (QED) is 0.689. The van der Waals surface area contributed by atoms with Gasteiger partial charge in [0.1, 0.15) is 0 Å². The third-order valence-electron chi connectivity index (χ3n) is 3.11. The Balaban J connectivity index is 2.12. The van der Waals surface area contributed by atoms with Crippen molar-refractivity contribution in [2.75, 3.05) is 0 Å². The molecule has 1 aromatic carbocycles. The summed E-state index contributed by atoms with van der Waals surface area (Å²) in [6.45, 7) is 0.665. The predicted octanol–water partition coefficient (Wildman–Crippen LogP) is 2.89. The van der Waals surface area contributed by atoms with E-state index in [9.17, 15) is 4.79 Å². The Morgan fingerprint density at radius 3 is 2.89 bits per heavy atom. The molecule has 0 aliphatic heterocycles. The highest BCUT2D eigenvalue weighted by atomic mass is 35.5. The van der Waals surface area contributed by atoms with Gasteiger partial charge in [-0.1, -0.05) is 17.7 Å². The molecule has 0 atom stereocenters. The number of rotatable bonds is 3. The minimum absolute atomic E-state index is 0.662. The van der Waals surface area contributed by atoms with Crippen LogP contribution in [0.4, 0.5) is 0 Å². The van der Waals surface area contributed by atoms with Crippen LogP contribution in [0.15, 0.2) is 36.8 Å². The molecule has 96 valence electrons. The molecule has 4 nitrogen and oxygen atoms in total. The van der Waals surface area contributed by atoms with E-state index in [0.717, 1.165) is 22.8 Å². The summed E-state index contributed by atoms with van der Waals surface area (Å²) >= 11 is 6.03. The first-order valence-corrected chi connectivity index (χ1v) is 6.26. The zero-order chi connectivity index (χ0) is 13.4. The first-order chi connectivity index (χ1) is 9.17. The van der Waals surface area contributed by atoms with Gasteiger partial charge in [-0.25, -0.2) is 0 Å². The van der Waals surface area contributed by atoms with E-state index < -0.39 is 0 Å². The van der Waals surface area contributed by atoms with Crippen LogP contribution in [0.2, 0.25) is 5.02 Å². The summed E-state index contributed by atoms with van der Waals surface area (Å²) in [6.07, 6.45) is 6.49. The maximum absolute atomic E-state index is 11.1. The van der Waals surface area contributed by atoms with Crippen LogP contribution in [0.25, 0.3) is 10.9 Å². The fourth-order valence-electron chi connectivity index (χ4n) is 2.27. The number of aromatic nitrogens is 3. The fraction of sp³-hybridized carbons (Fsp3) is 0.143. The molecule has 3 aromatic rings. The first-order valence-electron chi connectivity index (χ1n) is 5.88. The van der Waals surface area contributed by atoms with Gasteiger partial charge in [-0.05, 0) is 12.1 Å². The van der Waals surface area contributed by atoms with E-state index in [2.05, 4.69) is 5.10 Å². The number of halogens is 1. The normalized spacial score (nSPS) is 11.1. The van der Waals surface area contributed by atoms with Gasteiger partial charge in [-0.15, -0.1) is 0 Å². The summed E-state index contributed by atoms with van der Waals surface area (Å²) in [7, 11) is 1.88. The van der Waals surface area contributed by atoms with Gasteiger partial charge >= 0.3 is 0 Å². The molecule has 0 amide bonds. The highest BCUT2D eigenvalue weighted by molar-refractivity contribution is 6.31. The summed E-state index contributed by atoms with van der Waals surface area (Å²) in [5.74, 6) is 0. The van der Waals surface area contributed by atoms with Crippen LogP contribution in [-0.4, -0.2) is 20.6 Å². The van der Waals surface area contributed by atoms with E-state index in [1.165, 1.54) is 0 Å². The minimum atomic E-state index is 0.662. The molecular formula is C14H12ClN3O. The minimum Gasteiger partial charge on any atom is -0.342 e. The zero-order valence-electron chi connectivity index (χ0n) is 10.4. The van der Waals surface area contributed by atoms with Crippen LogP contribution >= 0.6 is 11.6 Å². The van der Waals surface area contributed by atoms with Crippen molar-refractivity contribution in [1.29, 1.82) is 0 Å². The summed E-state index contributed by atoms with van der Waals surface area (Å²) in [5, 5.41) is 5.73. The van der Waals surface area contributed by atoms with Gasteiger partial charge in [0.25, 0.3) is 0 Å². The van der Waals surface area contributed by atoms with Crippen LogP contribution in [-0.2, 0) is 13.6 Å². The lowest BCUT2D eigenvalue weighted by molar-refractivity contribution is 0.112. The first kappa shape index (κ1) is 12.0. The average molecular weight is 274 g/mol. The molecule has 0 N–H and O–H groups in total. The van der Waals surface area contributed by atoms with Gasteiger partial charge in [0, 0.05) is 41.0 Å². The van der Waals surface area contributed by atoms with Crippen molar-refractivity contribution in [2.45, 2.75) is 6.54 Å². The van der Waals surface area contributed by atoms with Crippen LogP contribution < -0.4 is 0 Å². The van der Waals surface area contributed by atoms with Crippen LogP contribution in [0.5, 0.6) is 0 Å². The average Bonchev–Trinajstić information content (AvgIpc) is 2.94. The van der Waals surface area contributed by atoms with Crippen molar-refractivity contribution in [2.24, 2.45) is 7.05 Å². The maximum atomic E-state index is 11.1. The van der Waals surface area contributed by atoms with Crippen molar-refractivity contribution >= 4 is 28.8 Å². The number of benzene rings is 1. The summed E-state index contributed by atoms with van der Waals surface area (Å²) in [4.78, 5) is 11.1. The standard InChI is InChI=1S/C14H12ClN3O/c1-17-6-10(5-16-17)7-18-8-11(9-19)13-3-2-12(15)4-14(13)18/h2-6,8-9H,7H2,1H3. The monoisotopic (exact) mass is 273 g/mol. The largest absolute Gasteiger partial charge is 0.342 e. The second-order valence-corrected chi connectivity index (χ2v) is 4.95. The topological polar surface area (TPSA) is 39.8 Å². The van der Waals surface area contributed by atoms with Crippen molar-refractivity contribution in [3.63, 3.8) is 0 Å². The molecule has 2 heterocycles. The molecule has 5 heteroatoms. The second kappa shape index (κ2) is 4.55. The summed E-state index contributed by atoms with van der Waals surface area (Å²) < 4.78 is 3.77. The van der Waals surface area contributed by atoms with E-state index in [1.54, 1.807) is 10.7 Å². The molecule has 0 saturated carbocycles. The lowest BCUT2D eigenvalue weighted by Crippen LogP contribution is -1.96. The molecule has 3 rings (SSSR count). The van der Waals surface area contributed by atoms with Gasteiger partial charge in [0.05, 0.1) is 18.3 Å². The number of hydrogen-bond donors (Lipinski definition) is 0. The molecule has 2 aromatic heterocycles. The number of fused-ring (bicyclic) bond motifs is 1. The van der Waals surface area contributed by atoms with E-state index in [4.69, 9.17) is 11.6 Å². The van der Waals surface area contributed by atoms with Crippen LogP contribution in [0.3, 0.4) is 0 Å². The van der Waals surface area contributed by atoms with Crippen molar-refractivity contribution < 1.29 is 4.79 Å². The van der Waals surface area contributed by atoms with Crippen molar-refractivity contribution in [1.82, 2.24) is 14.3 Å². The van der Waals surface area contributed by atoms with Gasteiger partial charge < -0.3 is 4.57 Å². The fourth-order valence-corrected chi connectivity index (χ4v) is 2.43. The lowest BCUT2D eigenvalue weighted by Gasteiger charge is -2.03. The highest BCUT2D eigenvalue weighted by Crippen LogP contribution is 2.24. The zero-order valence-corrected chi connectivity index (χ0v) is 11.1. The molecule has 19 heavy (non-hydrogen) atoms. The van der Waals surface area contributed by atoms with Crippen molar-refractivity contribution in [3.8, 4) is 0 Å². The summed E-state index contributed by atoms with van der Waals surface area (Å²) in [5.41, 5.74) is 2.71. The number of aldehydes is 1. The predicted molar refractivity (Wildman–Crippen MR) is 74.6 cm³/mol. The van der Waals surface area contributed by atoms with Crippen molar-refractivity contribution in [3.05, 3.63) is 52.9 Å². The molecular weight excluding hydrogens is 262 g/mol. The SMILES string of the molecule is Cn1cc(Cn2cc(C=O)c3ccc(Cl)cc32)cn1. The molecule has 0 radical (unpaired) electrons. The van der Waals surface area contributed by atoms with Crippen LogP contribution in [0.1, 0.15) is 15.9 Å². The Morgan fingerprint density at radius 1 is 1.37 bits per heavy atom. The Labute approximate surface area is 115 Å². The highest BCUT2D eigenvalue weighted by Gasteiger charge is 2.09. The number of carbonyl (C=O) groups excluding carboxylic acids is 1. The van der Waals surface area contributed by atoms with E-state index >= 15 is 0 Å². The van der Waals surface area contributed by atoms with Gasteiger partial charge in [-0.2, -0.15) is 5.10 Å². The molecule has 0 spiro atoms. The number of hydrogen-bond acceptors (Lipinski definition) is 2. The molecule has 0 aliphatic rings. The van der Waals surface area contributed by atoms with E-state index in [1.807, 2.05) is 42.3 Å². The molecule has 0 fully saturated rings.